The van der Waals surface area contributed by atoms with Gasteiger partial charge < -0.3 is 25.3 Å². The summed E-state index contributed by atoms with van der Waals surface area (Å²) in [6.07, 6.45) is 7.41. The number of amides is 3. The predicted molar refractivity (Wildman–Crippen MR) is 205 cm³/mol. The van der Waals surface area contributed by atoms with Crippen molar-refractivity contribution in [2.24, 2.45) is 23.2 Å². The average molecular weight is 716 g/mol. The highest BCUT2D eigenvalue weighted by atomic mass is 16.7. The molecule has 1 aromatic heterocycles. The summed E-state index contributed by atoms with van der Waals surface area (Å²) >= 11 is 0. The lowest BCUT2D eigenvalue weighted by Gasteiger charge is -2.64. The molecule has 2 heterocycles. The van der Waals surface area contributed by atoms with Crippen LogP contribution in [0.5, 0.6) is 0 Å². The zero-order chi connectivity index (χ0) is 37.3. The zero-order valence-corrected chi connectivity index (χ0v) is 31.3. The Balaban J connectivity index is 1.13. The number of aromatic nitrogens is 2. The molecule has 4 aromatic rings. The van der Waals surface area contributed by atoms with Crippen molar-refractivity contribution in [2.45, 2.75) is 96.5 Å². The molecule has 4 aliphatic rings. The van der Waals surface area contributed by atoms with Crippen molar-refractivity contribution in [3.8, 4) is 0 Å². The molecule has 7 atom stereocenters. The largest absolute Gasteiger partial charge is 0.481 e. The van der Waals surface area contributed by atoms with E-state index in [1.807, 2.05) is 72.8 Å². The van der Waals surface area contributed by atoms with Gasteiger partial charge >= 0.3 is 7.12 Å². The van der Waals surface area contributed by atoms with E-state index >= 15 is 0 Å². The molecule has 1 aliphatic heterocycles. The van der Waals surface area contributed by atoms with Gasteiger partial charge in [0.2, 0.25) is 11.8 Å². The lowest BCUT2D eigenvalue weighted by atomic mass is 9.43. The van der Waals surface area contributed by atoms with E-state index in [1.165, 1.54) is 18.6 Å². The number of hydrogen-bond acceptors (Lipinski definition) is 7. The summed E-state index contributed by atoms with van der Waals surface area (Å²) in [4.78, 5) is 50.3. The number of benzene rings is 3. The second-order valence-corrected chi connectivity index (χ2v) is 16.3. The van der Waals surface area contributed by atoms with E-state index in [9.17, 15) is 14.4 Å². The summed E-state index contributed by atoms with van der Waals surface area (Å²) in [5.74, 6) is -0.542. The van der Waals surface area contributed by atoms with E-state index in [1.54, 1.807) is 0 Å². The molecule has 1 saturated heterocycles. The quantitative estimate of drug-likeness (QED) is 0.156. The molecule has 0 unspecified atom stereocenters. The fraction of sp³-hybridized carbons (Fsp3) is 0.452. The highest BCUT2D eigenvalue weighted by Gasteiger charge is 2.68. The highest BCUT2D eigenvalue weighted by molar-refractivity contribution is 6.48. The summed E-state index contributed by atoms with van der Waals surface area (Å²) in [5, 5.41) is 11.2. The molecule has 0 radical (unpaired) electrons. The minimum atomic E-state index is -1.01. The van der Waals surface area contributed by atoms with Crippen LogP contribution in [-0.2, 0) is 31.7 Å². The van der Waals surface area contributed by atoms with Gasteiger partial charge in [0, 0.05) is 25.2 Å². The minimum absolute atomic E-state index is 0.0237. The first-order chi connectivity index (χ1) is 25.4. The Labute approximate surface area is 312 Å². The van der Waals surface area contributed by atoms with E-state index in [4.69, 9.17) is 9.31 Å². The van der Waals surface area contributed by atoms with Crippen molar-refractivity contribution in [3.05, 3.63) is 108 Å². The van der Waals surface area contributed by atoms with Crippen LogP contribution in [0.3, 0.4) is 0 Å². The van der Waals surface area contributed by atoms with Gasteiger partial charge in [-0.25, -0.2) is 4.98 Å². The Morgan fingerprint density at radius 1 is 0.830 bits per heavy atom. The van der Waals surface area contributed by atoms with Gasteiger partial charge in [-0.2, -0.15) is 0 Å². The third-order valence-corrected chi connectivity index (χ3v) is 11.9. The molecule has 2 bridgehead atoms. The first-order valence-corrected chi connectivity index (χ1v) is 18.9. The number of nitrogens with zero attached hydrogens (tertiary/aromatic N) is 2. The molecule has 4 fully saturated rings. The summed E-state index contributed by atoms with van der Waals surface area (Å²) in [7, 11) is -0.605. The molecule has 11 heteroatoms. The molecule has 8 rings (SSSR count). The predicted octanol–water partition coefficient (Wildman–Crippen LogP) is 5.50. The molecular formula is C42H50BN5O5. The summed E-state index contributed by atoms with van der Waals surface area (Å²) in [5.41, 5.74) is 1.60. The Bertz CT molecular complexity index is 1940. The van der Waals surface area contributed by atoms with E-state index in [0.29, 0.717) is 18.3 Å². The molecular weight excluding hydrogens is 665 g/mol. The lowest BCUT2D eigenvalue weighted by molar-refractivity contribution is -0.199. The number of carbonyl (C=O) groups is 3. The van der Waals surface area contributed by atoms with Crippen molar-refractivity contribution < 1.29 is 23.7 Å². The molecule has 3 amide bonds. The van der Waals surface area contributed by atoms with E-state index in [-0.39, 0.29) is 41.9 Å². The summed E-state index contributed by atoms with van der Waals surface area (Å²) in [6.45, 7) is 11.1. The highest BCUT2D eigenvalue weighted by Crippen LogP contribution is 2.65. The molecule has 3 aliphatic carbocycles. The monoisotopic (exact) mass is 715 g/mol. The lowest BCUT2D eigenvalue weighted by Crippen LogP contribution is -2.65. The van der Waals surface area contributed by atoms with Gasteiger partial charge in [0.25, 0.3) is 5.91 Å². The fourth-order valence-corrected chi connectivity index (χ4v) is 8.89. The van der Waals surface area contributed by atoms with Gasteiger partial charge in [-0.05, 0) is 71.3 Å². The molecule has 0 spiro atoms. The van der Waals surface area contributed by atoms with Crippen LogP contribution in [0.2, 0.25) is 0 Å². The fourth-order valence-electron chi connectivity index (χ4n) is 8.89. The number of rotatable bonds is 13. The smallest absolute Gasteiger partial charge is 0.404 e. The maximum Gasteiger partial charge on any atom is 0.481 e. The molecule has 3 aromatic carbocycles. The molecule has 3 saturated carbocycles. The van der Waals surface area contributed by atoms with Gasteiger partial charge in [0.15, 0.2) is 0 Å². The van der Waals surface area contributed by atoms with E-state index < -0.39 is 42.6 Å². The first kappa shape index (κ1) is 36.7. The Kier molecular flexibility index (Phi) is 10.4. The van der Waals surface area contributed by atoms with Crippen molar-refractivity contribution >= 4 is 35.6 Å². The third kappa shape index (κ3) is 7.73. The first-order valence-electron chi connectivity index (χ1n) is 18.9. The van der Waals surface area contributed by atoms with Crippen molar-refractivity contribution in [3.63, 3.8) is 0 Å². The molecule has 276 valence electrons. The number of hydrogen-bond donors (Lipinski definition) is 3. The van der Waals surface area contributed by atoms with Gasteiger partial charge in [0.05, 0.1) is 23.8 Å². The minimum Gasteiger partial charge on any atom is -0.404 e. The van der Waals surface area contributed by atoms with Crippen LogP contribution in [0.4, 0.5) is 0 Å². The molecule has 10 nitrogen and oxygen atoms in total. The van der Waals surface area contributed by atoms with Crippen molar-refractivity contribution in [2.75, 3.05) is 0 Å². The number of nitrogens with one attached hydrogen (secondary N) is 3. The van der Waals surface area contributed by atoms with Gasteiger partial charge in [0.1, 0.15) is 17.8 Å². The van der Waals surface area contributed by atoms with Gasteiger partial charge in [-0.3, -0.25) is 19.4 Å². The Morgan fingerprint density at radius 2 is 1.53 bits per heavy atom. The maximum atomic E-state index is 14.4. The van der Waals surface area contributed by atoms with Crippen molar-refractivity contribution in [1.29, 1.82) is 0 Å². The van der Waals surface area contributed by atoms with Crippen LogP contribution >= 0.6 is 0 Å². The molecule has 53 heavy (non-hydrogen) atoms. The summed E-state index contributed by atoms with van der Waals surface area (Å²) in [6, 6.07) is 21.6. The van der Waals surface area contributed by atoms with Crippen LogP contribution in [0.25, 0.3) is 10.8 Å². The van der Waals surface area contributed by atoms with E-state index in [2.05, 4.69) is 60.5 Å². The standard InChI is InChI=1S/C42H50BN5O5/c1-26(2)19-37(43-52-36-24-31-23-35(41(31,3)4)42(36,5)53-43)48-39(50)32(21-27-11-7-6-8-12-27)46-38(49)33(47-40(51)34-25-44-17-18-45-34)22-28-15-16-29-13-9-10-14-30(29)20-28/h6-18,20,25-26,31-33,35-37H,19,21-24H2,1-5H3,(H,46,49)(H,47,51)(H,48,50)/t31-,32-,33-,35-,36-,37-,42+/m0/s1. The van der Waals surface area contributed by atoms with Crippen LogP contribution in [0.1, 0.15) is 75.5 Å². The second-order valence-electron chi connectivity index (χ2n) is 16.3. The Hall–Kier alpha value is -4.61. The third-order valence-electron chi connectivity index (χ3n) is 11.9. The SMILES string of the molecule is CC(C)C[C@H](NC(=O)[C@H](Cc1ccccc1)NC(=O)[C@H](Cc1ccc2ccccc2c1)NC(=O)c1cnccn1)B1O[C@H]2C[C@@H]3C[C@@H](C3(C)C)[C@@]2(C)O1. The van der Waals surface area contributed by atoms with Crippen LogP contribution in [-0.4, -0.2) is 64.5 Å². The second kappa shape index (κ2) is 15.0. The average Bonchev–Trinajstić information content (AvgIpc) is 3.52. The van der Waals surface area contributed by atoms with Crippen LogP contribution in [0, 0.1) is 23.2 Å². The topological polar surface area (TPSA) is 132 Å². The van der Waals surface area contributed by atoms with E-state index in [0.717, 1.165) is 34.7 Å². The number of carbonyl (C=O) groups excluding carboxylic acids is 3. The molecule has 3 N–H and O–H groups in total. The Morgan fingerprint density at radius 3 is 2.25 bits per heavy atom. The summed E-state index contributed by atoms with van der Waals surface area (Å²) < 4.78 is 13.5. The number of fused-ring (bicyclic) bond motifs is 1. The van der Waals surface area contributed by atoms with Crippen LogP contribution in [0.15, 0.2) is 91.4 Å². The van der Waals surface area contributed by atoms with Crippen LogP contribution < -0.4 is 16.0 Å². The van der Waals surface area contributed by atoms with Gasteiger partial charge in [-0.1, -0.05) is 100 Å². The van der Waals surface area contributed by atoms with Crippen molar-refractivity contribution in [1.82, 2.24) is 25.9 Å². The maximum absolute atomic E-state index is 14.4. The van der Waals surface area contributed by atoms with Gasteiger partial charge in [-0.15, -0.1) is 0 Å². The normalized spacial score (nSPS) is 24.4. The zero-order valence-electron chi connectivity index (χ0n) is 31.3.